The number of rotatable bonds is 7. The van der Waals surface area contributed by atoms with Gasteiger partial charge in [-0.05, 0) is 31.4 Å². The molecule has 6 nitrogen and oxygen atoms in total. The van der Waals surface area contributed by atoms with E-state index in [-0.39, 0.29) is 30.0 Å². The van der Waals surface area contributed by atoms with E-state index in [0.717, 1.165) is 12.6 Å². The van der Waals surface area contributed by atoms with Gasteiger partial charge in [0.15, 0.2) is 5.78 Å². The van der Waals surface area contributed by atoms with Gasteiger partial charge in [0.25, 0.3) is 5.56 Å². The zero-order valence-electron chi connectivity index (χ0n) is 16.8. The lowest BCUT2D eigenvalue weighted by atomic mass is 9.97. The molecule has 30 heavy (non-hydrogen) atoms. The molecule has 1 fully saturated rings. The highest BCUT2D eigenvalue weighted by Gasteiger charge is 2.40. The van der Waals surface area contributed by atoms with Crippen molar-refractivity contribution >= 4 is 11.5 Å². The van der Waals surface area contributed by atoms with E-state index >= 15 is 0 Å². The highest BCUT2D eigenvalue weighted by atomic mass is 19.4. The van der Waals surface area contributed by atoms with Crippen LogP contribution >= 0.6 is 0 Å². The Bertz CT molecular complexity index is 958. The summed E-state index contributed by atoms with van der Waals surface area (Å²) in [5.74, 6) is 0.404. The van der Waals surface area contributed by atoms with E-state index in [1.165, 1.54) is 4.90 Å². The standard InChI is InChI=1S/C21H24F3N3O3/c1-3-13(2)19(28)14-6-4-8-16(10-14)30-12-15-7-5-9-27(15)17-11-25-26-20(29)18(17)21(22,23)24/h4,6,8,10-11,13,15H,3,5,7,9,12H2,1-2H3,(H,26,29). The average Bonchev–Trinajstić information content (AvgIpc) is 3.18. The summed E-state index contributed by atoms with van der Waals surface area (Å²) in [7, 11) is 0. The molecule has 2 aromatic rings. The maximum absolute atomic E-state index is 13.4. The van der Waals surface area contributed by atoms with E-state index in [1.807, 2.05) is 18.9 Å². The molecule has 2 atom stereocenters. The first-order chi connectivity index (χ1) is 14.2. The highest BCUT2D eigenvalue weighted by Crippen LogP contribution is 2.36. The summed E-state index contributed by atoms with van der Waals surface area (Å²) in [4.78, 5) is 25.7. The maximum atomic E-state index is 13.4. The molecule has 1 aliphatic heterocycles. The van der Waals surface area contributed by atoms with Crippen molar-refractivity contribution < 1.29 is 22.7 Å². The fraction of sp³-hybridized carbons (Fsp3) is 0.476. The molecule has 1 saturated heterocycles. The van der Waals surface area contributed by atoms with Gasteiger partial charge in [0.05, 0.1) is 17.9 Å². The topological polar surface area (TPSA) is 75.3 Å². The van der Waals surface area contributed by atoms with Crippen molar-refractivity contribution in [2.75, 3.05) is 18.1 Å². The van der Waals surface area contributed by atoms with Crippen LogP contribution in [0.3, 0.4) is 0 Å². The van der Waals surface area contributed by atoms with Crippen LogP contribution in [0.5, 0.6) is 5.75 Å². The van der Waals surface area contributed by atoms with Crippen molar-refractivity contribution in [1.82, 2.24) is 10.2 Å². The molecule has 162 valence electrons. The number of carbonyl (C=O) groups excluding carboxylic acids is 1. The Morgan fingerprint density at radius 2 is 2.17 bits per heavy atom. The van der Waals surface area contributed by atoms with Crippen LogP contribution in [0.25, 0.3) is 0 Å². The quantitative estimate of drug-likeness (QED) is 0.680. The Balaban J connectivity index is 1.77. The van der Waals surface area contributed by atoms with E-state index in [2.05, 4.69) is 5.10 Å². The van der Waals surface area contributed by atoms with Crippen molar-refractivity contribution in [2.45, 2.75) is 45.3 Å². The van der Waals surface area contributed by atoms with E-state index < -0.39 is 17.3 Å². The smallest absolute Gasteiger partial charge is 0.423 e. The van der Waals surface area contributed by atoms with Crippen LogP contribution in [0.2, 0.25) is 0 Å². The number of aromatic nitrogens is 2. The monoisotopic (exact) mass is 423 g/mol. The Kier molecular flexibility index (Phi) is 6.48. The van der Waals surface area contributed by atoms with Crippen molar-refractivity contribution in [3.05, 3.63) is 51.9 Å². The minimum atomic E-state index is -4.79. The first kappa shape index (κ1) is 21.9. The summed E-state index contributed by atoms with van der Waals surface area (Å²) in [5, 5.41) is 5.41. The number of carbonyl (C=O) groups is 1. The predicted octanol–water partition coefficient (Wildman–Crippen LogP) is 4.07. The van der Waals surface area contributed by atoms with Gasteiger partial charge in [0.1, 0.15) is 17.9 Å². The van der Waals surface area contributed by atoms with Crippen LogP contribution in [0.4, 0.5) is 18.9 Å². The molecule has 3 rings (SSSR count). The fourth-order valence-corrected chi connectivity index (χ4v) is 3.61. The van der Waals surface area contributed by atoms with Gasteiger partial charge in [0.2, 0.25) is 0 Å². The number of ether oxygens (including phenoxy) is 1. The van der Waals surface area contributed by atoms with Gasteiger partial charge in [-0.3, -0.25) is 9.59 Å². The molecule has 0 amide bonds. The molecule has 2 heterocycles. The summed E-state index contributed by atoms with van der Waals surface area (Å²) in [6.07, 6.45) is -1.73. The van der Waals surface area contributed by atoms with Crippen molar-refractivity contribution in [2.24, 2.45) is 5.92 Å². The molecule has 1 aromatic heterocycles. The molecular formula is C21H24F3N3O3. The molecule has 1 aromatic carbocycles. The first-order valence-electron chi connectivity index (χ1n) is 9.91. The normalized spacial score (nSPS) is 17.8. The molecule has 0 bridgehead atoms. The second-order valence-electron chi connectivity index (χ2n) is 7.46. The van der Waals surface area contributed by atoms with Gasteiger partial charge in [-0.2, -0.15) is 18.3 Å². The number of hydrogen-bond acceptors (Lipinski definition) is 5. The van der Waals surface area contributed by atoms with Gasteiger partial charge >= 0.3 is 6.18 Å². The Hall–Kier alpha value is -2.84. The minimum Gasteiger partial charge on any atom is -0.491 e. The van der Waals surface area contributed by atoms with Crippen LogP contribution in [-0.4, -0.2) is 35.2 Å². The third-order valence-corrected chi connectivity index (χ3v) is 5.43. The van der Waals surface area contributed by atoms with Gasteiger partial charge in [-0.25, -0.2) is 5.10 Å². The molecule has 0 aliphatic carbocycles. The Morgan fingerprint density at radius 1 is 1.40 bits per heavy atom. The number of alkyl halides is 3. The number of nitrogens with zero attached hydrogens (tertiary/aromatic N) is 2. The number of halogens is 3. The number of H-pyrrole nitrogens is 1. The number of Topliss-reactive ketones (excluding diaryl/α,β-unsaturated/α-hetero) is 1. The molecular weight excluding hydrogens is 399 g/mol. The second-order valence-corrected chi connectivity index (χ2v) is 7.46. The molecule has 1 aliphatic rings. The number of benzene rings is 1. The van der Waals surface area contributed by atoms with E-state index in [0.29, 0.717) is 30.7 Å². The van der Waals surface area contributed by atoms with Crippen LogP contribution in [0.1, 0.15) is 49.0 Å². The van der Waals surface area contributed by atoms with Gasteiger partial charge in [-0.15, -0.1) is 0 Å². The van der Waals surface area contributed by atoms with Crippen molar-refractivity contribution in [1.29, 1.82) is 0 Å². The Morgan fingerprint density at radius 3 is 2.87 bits per heavy atom. The van der Waals surface area contributed by atoms with Gasteiger partial charge in [-0.1, -0.05) is 26.0 Å². The number of ketones is 1. The zero-order valence-corrected chi connectivity index (χ0v) is 16.8. The number of nitrogens with one attached hydrogen (secondary N) is 1. The molecule has 1 N–H and O–H groups in total. The van der Waals surface area contributed by atoms with Gasteiger partial charge in [0, 0.05) is 18.0 Å². The van der Waals surface area contributed by atoms with Crippen molar-refractivity contribution in [3.63, 3.8) is 0 Å². The van der Waals surface area contributed by atoms with Crippen molar-refractivity contribution in [3.8, 4) is 5.75 Å². The SMILES string of the molecule is CCC(C)C(=O)c1cccc(OCC2CCCN2c2cn[nH]c(=O)c2C(F)(F)F)c1. The van der Waals surface area contributed by atoms with Crippen LogP contribution < -0.4 is 15.2 Å². The third-order valence-electron chi connectivity index (χ3n) is 5.43. The number of aromatic amines is 1. The second kappa shape index (κ2) is 8.89. The Labute approximate surface area is 172 Å². The predicted molar refractivity (Wildman–Crippen MR) is 106 cm³/mol. The van der Waals surface area contributed by atoms with Crippen LogP contribution in [0, 0.1) is 5.92 Å². The fourth-order valence-electron chi connectivity index (χ4n) is 3.61. The number of hydrogen-bond donors (Lipinski definition) is 1. The molecule has 0 spiro atoms. The summed E-state index contributed by atoms with van der Waals surface area (Å²) in [6.45, 7) is 4.30. The van der Waals surface area contributed by atoms with Gasteiger partial charge < -0.3 is 9.64 Å². The average molecular weight is 423 g/mol. The maximum Gasteiger partial charge on any atom is 0.423 e. The largest absolute Gasteiger partial charge is 0.491 e. The molecule has 9 heteroatoms. The van der Waals surface area contributed by atoms with E-state index in [1.54, 1.807) is 24.3 Å². The highest BCUT2D eigenvalue weighted by molar-refractivity contribution is 5.97. The lowest BCUT2D eigenvalue weighted by Crippen LogP contribution is -2.37. The number of anilines is 1. The lowest BCUT2D eigenvalue weighted by Gasteiger charge is -2.28. The summed E-state index contributed by atoms with van der Waals surface area (Å²) in [5.41, 5.74) is -2.20. The first-order valence-corrected chi connectivity index (χ1v) is 9.91. The third kappa shape index (κ3) is 4.66. The van der Waals surface area contributed by atoms with E-state index in [4.69, 9.17) is 4.74 Å². The summed E-state index contributed by atoms with van der Waals surface area (Å²) < 4.78 is 46.1. The molecule has 0 saturated carbocycles. The lowest BCUT2D eigenvalue weighted by molar-refractivity contribution is -0.138. The minimum absolute atomic E-state index is 0.0230. The zero-order chi connectivity index (χ0) is 21.9. The van der Waals surface area contributed by atoms with Crippen LogP contribution in [-0.2, 0) is 6.18 Å². The summed E-state index contributed by atoms with van der Waals surface area (Å²) >= 11 is 0. The summed E-state index contributed by atoms with van der Waals surface area (Å²) in [6, 6.07) is 6.47. The molecule has 2 unspecified atom stereocenters. The molecule has 0 radical (unpaired) electrons. The van der Waals surface area contributed by atoms with E-state index in [9.17, 15) is 22.8 Å². The van der Waals surface area contributed by atoms with Crippen LogP contribution in [0.15, 0.2) is 35.3 Å².